The summed E-state index contributed by atoms with van der Waals surface area (Å²) >= 11 is 1.73. The highest BCUT2D eigenvalue weighted by molar-refractivity contribution is 7.09. The van der Waals surface area contributed by atoms with E-state index in [-0.39, 0.29) is 0 Å². The van der Waals surface area contributed by atoms with Crippen molar-refractivity contribution in [1.82, 2.24) is 10.3 Å². The third kappa shape index (κ3) is 3.44. The molecule has 0 spiro atoms. The van der Waals surface area contributed by atoms with Crippen LogP contribution in [-0.4, -0.2) is 18.1 Å². The summed E-state index contributed by atoms with van der Waals surface area (Å²) in [6.07, 6.45) is 3.22. The second-order valence-corrected chi connectivity index (χ2v) is 6.66. The summed E-state index contributed by atoms with van der Waals surface area (Å²) in [4.78, 5) is 4.52. The highest BCUT2D eigenvalue weighted by Crippen LogP contribution is 2.33. The lowest BCUT2D eigenvalue weighted by molar-refractivity contribution is 0.313. The van der Waals surface area contributed by atoms with Crippen LogP contribution < -0.4 is 10.1 Å². The summed E-state index contributed by atoms with van der Waals surface area (Å²) in [7, 11) is 0. The number of ether oxygens (including phenoxy) is 1. The van der Waals surface area contributed by atoms with Crippen molar-refractivity contribution >= 4 is 11.3 Å². The first-order valence-corrected chi connectivity index (χ1v) is 8.48. The number of fused-ring (bicyclic) bond motifs is 1. The van der Waals surface area contributed by atoms with Crippen LogP contribution in [0, 0.1) is 13.8 Å². The van der Waals surface area contributed by atoms with E-state index in [2.05, 4.69) is 47.7 Å². The Morgan fingerprint density at radius 3 is 3.10 bits per heavy atom. The van der Waals surface area contributed by atoms with E-state index in [9.17, 15) is 0 Å². The van der Waals surface area contributed by atoms with Crippen LogP contribution in [0.1, 0.15) is 40.7 Å². The monoisotopic (exact) mass is 302 g/mol. The molecule has 0 aliphatic carbocycles. The van der Waals surface area contributed by atoms with Gasteiger partial charge in [-0.15, -0.1) is 11.3 Å². The predicted octanol–water partition coefficient (Wildman–Crippen LogP) is 3.81. The first-order valence-electron chi connectivity index (χ1n) is 7.61. The standard InChI is InChI=1S/C17H22N2OS/c1-12-5-3-6-15-16(7-4-10-20-17(12)15)18-9-8-14-11-21-13(2)19-14/h3,5-6,11,16,18H,4,7-10H2,1-2H3. The molecule has 4 heteroatoms. The van der Waals surface area contributed by atoms with Gasteiger partial charge in [-0.1, -0.05) is 18.2 Å². The van der Waals surface area contributed by atoms with Crippen molar-refractivity contribution in [3.8, 4) is 5.75 Å². The molecule has 1 aromatic heterocycles. The van der Waals surface area contributed by atoms with Crippen molar-refractivity contribution in [2.75, 3.05) is 13.2 Å². The van der Waals surface area contributed by atoms with Gasteiger partial charge < -0.3 is 10.1 Å². The van der Waals surface area contributed by atoms with Gasteiger partial charge in [0.15, 0.2) is 0 Å². The molecule has 3 nitrogen and oxygen atoms in total. The lowest BCUT2D eigenvalue weighted by atomic mass is 10.00. The van der Waals surface area contributed by atoms with Crippen LogP contribution >= 0.6 is 11.3 Å². The van der Waals surface area contributed by atoms with E-state index in [4.69, 9.17) is 4.74 Å². The molecule has 2 aromatic rings. The Bertz CT molecular complexity index is 609. The van der Waals surface area contributed by atoms with Crippen LogP contribution in [0.5, 0.6) is 5.75 Å². The molecule has 1 aromatic carbocycles. The Morgan fingerprint density at radius 1 is 1.38 bits per heavy atom. The molecule has 0 amide bonds. The van der Waals surface area contributed by atoms with Crippen LogP contribution in [0.2, 0.25) is 0 Å². The summed E-state index contributed by atoms with van der Waals surface area (Å²) in [5, 5.41) is 6.99. The van der Waals surface area contributed by atoms with Gasteiger partial charge in [0.1, 0.15) is 5.75 Å². The van der Waals surface area contributed by atoms with Crippen molar-refractivity contribution in [1.29, 1.82) is 0 Å². The fraction of sp³-hybridized carbons (Fsp3) is 0.471. The molecular formula is C17H22N2OS. The molecule has 0 saturated carbocycles. The van der Waals surface area contributed by atoms with Gasteiger partial charge in [-0.25, -0.2) is 4.98 Å². The fourth-order valence-electron chi connectivity index (χ4n) is 2.87. The molecule has 1 N–H and O–H groups in total. The predicted molar refractivity (Wildman–Crippen MR) is 87.2 cm³/mol. The maximum absolute atomic E-state index is 5.93. The van der Waals surface area contributed by atoms with Crippen LogP contribution in [-0.2, 0) is 6.42 Å². The zero-order valence-electron chi connectivity index (χ0n) is 12.7. The van der Waals surface area contributed by atoms with Crippen LogP contribution in [0.4, 0.5) is 0 Å². The Hall–Kier alpha value is -1.39. The molecule has 1 aliphatic rings. The maximum Gasteiger partial charge on any atom is 0.126 e. The second-order valence-electron chi connectivity index (χ2n) is 5.60. The molecule has 112 valence electrons. The number of aryl methyl sites for hydroxylation is 2. The Kier molecular flexibility index (Phi) is 4.56. The van der Waals surface area contributed by atoms with Crippen molar-refractivity contribution < 1.29 is 4.74 Å². The number of nitrogens with zero attached hydrogens (tertiary/aromatic N) is 1. The molecule has 3 rings (SSSR count). The topological polar surface area (TPSA) is 34.2 Å². The molecule has 1 aliphatic heterocycles. The zero-order valence-corrected chi connectivity index (χ0v) is 13.5. The van der Waals surface area contributed by atoms with E-state index in [1.165, 1.54) is 16.8 Å². The number of para-hydroxylation sites is 1. The molecule has 0 saturated heterocycles. The molecule has 2 heterocycles. The van der Waals surface area contributed by atoms with Gasteiger partial charge in [0, 0.05) is 30.0 Å². The Morgan fingerprint density at radius 2 is 2.29 bits per heavy atom. The van der Waals surface area contributed by atoms with E-state index in [1.54, 1.807) is 11.3 Å². The van der Waals surface area contributed by atoms with Gasteiger partial charge in [-0.05, 0) is 32.3 Å². The van der Waals surface area contributed by atoms with Gasteiger partial charge >= 0.3 is 0 Å². The van der Waals surface area contributed by atoms with E-state index >= 15 is 0 Å². The number of hydrogen-bond acceptors (Lipinski definition) is 4. The smallest absolute Gasteiger partial charge is 0.126 e. The van der Waals surface area contributed by atoms with Crippen molar-refractivity contribution in [3.05, 3.63) is 45.4 Å². The van der Waals surface area contributed by atoms with Gasteiger partial charge in [-0.3, -0.25) is 0 Å². The largest absolute Gasteiger partial charge is 0.493 e. The normalized spacial score (nSPS) is 17.9. The van der Waals surface area contributed by atoms with E-state index in [1.807, 2.05) is 0 Å². The van der Waals surface area contributed by atoms with Gasteiger partial charge in [0.2, 0.25) is 0 Å². The maximum atomic E-state index is 5.93. The summed E-state index contributed by atoms with van der Waals surface area (Å²) in [5.41, 5.74) is 3.73. The van der Waals surface area contributed by atoms with Crippen LogP contribution in [0.15, 0.2) is 23.6 Å². The number of nitrogens with one attached hydrogen (secondary N) is 1. The zero-order chi connectivity index (χ0) is 14.7. The fourth-order valence-corrected chi connectivity index (χ4v) is 3.52. The SMILES string of the molecule is Cc1nc(CCNC2CCCOc3c(C)cccc32)cs1. The third-order valence-corrected chi connectivity index (χ3v) is 4.76. The summed E-state index contributed by atoms with van der Waals surface area (Å²) in [5.74, 6) is 1.08. The van der Waals surface area contributed by atoms with Gasteiger partial charge in [0.25, 0.3) is 0 Å². The quantitative estimate of drug-likeness (QED) is 0.932. The number of benzene rings is 1. The molecule has 21 heavy (non-hydrogen) atoms. The van der Waals surface area contributed by atoms with Crippen LogP contribution in [0.25, 0.3) is 0 Å². The minimum atomic E-state index is 0.391. The second kappa shape index (κ2) is 6.58. The van der Waals surface area contributed by atoms with E-state index < -0.39 is 0 Å². The van der Waals surface area contributed by atoms with Crippen molar-refractivity contribution in [2.24, 2.45) is 0 Å². The van der Waals surface area contributed by atoms with Crippen molar-refractivity contribution in [2.45, 2.75) is 39.2 Å². The number of rotatable bonds is 4. The van der Waals surface area contributed by atoms with Crippen molar-refractivity contribution in [3.63, 3.8) is 0 Å². The summed E-state index contributed by atoms with van der Waals surface area (Å²) < 4.78 is 5.93. The Balaban J connectivity index is 1.66. The molecular weight excluding hydrogens is 280 g/mol. The number of thiazole rings is 1. The van der Waals surface area contributed by atoms with Gasteiger partial charge in [-0.2, -0.15) is 0 Å². The minimum absolute atomic E-state index is 0.391. The molecule has 0 radical (unpaired) electrons. The lowest BCUT2D eigenvalue weighted by Gasteiger charge is -2.19. The lowest BCUT2D eigenvalue weighted by Crippen LogP contribution is -2.23. The first kappa shape index (κ1) is 14.5. The van der Waals surface area contributed by atoms with E-state index in [0.717, 1.165) is 43.2 Å². The minimum Gasteiger partial charge on any atom is -0.493 e. The Labute approximate surface area is 130 Å². The number of hydrogen-bond donors (Lipinski definition) is 1. The van der Waals surface area contributed by atoms with Crippen LogP contribution in [0.3, 0.4) is 0 Å². The highest BCUT2D eigenvalue weighted by Gasteiger charge is 2.20. The molecule has 1 unspecified atom stereocenters. The number of aromatic nitrogens is 1. The average molecular weight is 302 g/mol. The average Bonchev–Trinajstić information content (AvgIpc) is 2.77. The molecule has 1 atom stereocenters. The van der Waals surface area contributed by atoms with Gasteiger partial charge in [0.05, 0.1) is 17.3 Å². The summed E-state index contributed by atoms with van der Waals surface area (Å²) in [6.45, 7) is 5.96. The van der Waals surface area contributed by atoms with E-state index in [0.29, 0.717) is 6.04 Å². The summed E-state index contributed by atoms with van der Waals surface area (Å²) in [6, 6.07) is 6.83. The third-order valence-electron chi connectivity index (χ3n) is 3.94. The highest BCUT2D eigenvalue weighted by atomic mass is 32.1. The first-order chi connectivity index (χ1) is 10.2. The molecule has 0 bridgehead atoms. The molecule has 0 fully saturated rings.